The van der Waals surface area contributed by atoms with E-state index in [1.807, 2.05) is 42.5 Å². The Morgan fingerprint density at radius 2 is 1.73 bits per heavy atom. The molecule has 2 aromatic rings. The van der Waals surface area contributed by atoms with Gasteiger partial charge < -0.3 is 15.8 Å². The van der Waals surface area contributed by atoms with Gasteiger partial charge >= 0.3 is 0 Å². The number of carbonyl (C=O) groups excluding carboxylic acids is 1. The molecule has 0 bridgehead atoms. The molecule has 0 unspecified atom stereocenters. The molecule has 26 heavy (non-hydrogen) atoms. The molecule has 0 spiro atoms. The van der Waals surface area contributed by atoms with Crippen LogP contribution in [0.25, 0.3) is 0 Å². The molecule has 1 saturated carbocycles. The summed E-state index contributed by atoms with van der Waals surface area (Å²) in [7, 11) is 0. The van der Waals surface area contributed by atoms with Gasteiger partial charge in [-0.25, -0.2) is 0 Å². The lowest BCUT2D eigenvalue weighted by Gasteiger charge is -2.27. The molecule has 0 radical (unpaired) electrons. The fraction of sp³-hybridized carbons (Fsp3) is 0.350. The summed E-state index contributed by atoms with van der Waals surface area (Å²) in [6, 6.07) is 15.3. The van der Waals surface area contributed by atoms with Crippen LogP contribution >= 0.6 is 24.0 Å². The van der Waals surface area contributed by atoms with Crippen LogP contribution in [0.5, 0.6) is 5.75 Å². The molecule has 3 rings (SSSR count). The van der Waals surface area contributed by atoms with Crippen LogP contribution in [0.2, 0.25) is 5.02 Å². The number of hydrogen-bond donors (Lipinski definition) is 2. The van der Waals surface area contributed by atoms with E-state index in [9.17, 15) is 4.79 Å². The molecule has 1 fully saturated rings. The predicted molar refractivity (Wildman–Crippen MR) is 107 cm³/mol. The van der Waals surface area contributed by atoms with Gasteiger partial charge in [0.1, 0.15) is 12.4 Å². The second-order valence-electron chi connectivity index (χ2n) is 6.46. The van der Waals surface area contributed by atoms with Crippen molar-refractivity contribution in [2.45, 2.75) is 44.4 Å². The highest BCUT2D eigenvalue weighted by Crippen LogP contribution is 2.23. The minimum Gasteiger partial charge on any atom is -0.488 e. The van der Waals surface area contributed by atoms with Crippen LogP contribution < -0.4 is 15.8 Å². The maximum Gasteiger partial charge on any atom is 0.255 e. The lowest BCUT2D eigenvalue weighted by molar-refractivity contribution is 0.0921. The second-order valence-corrected chi connectivity index (χ2v) is 6.87. The zero-order valence-electron chi connectivity index (χ0n) is 14.5. The van der Waals surface area contributed by atoms with E-state index < -0.39 is 0 Å². The number of halogens is 2. The first kappa shape index (κ1) is 20.6. The molecule has 1 aliphatic rings. The van der Waals surface area contributed by atoms with Crippen LogP contribution in [0.1, 0.15) is 41.6 Å². The highest BCUT2D eigenvalue weighted by molar-refractivity contribution is 6.31. The number of rotatable bonds is 5. The van der Waals surface area contributed by atoms with E-state index in [0.717, 1.165) is 31.2 Å². The van der Waals surface area contributed by atoms with Crippen molar-refractivity contribution in [2.75, 3.05) is 0 Å². The summed E-state index contributed by atoms with van der Waals surface area (Å²) in [6.45, 7) is 0.322. The number of ether oxygens (including phenoxy) is 1. The number of para-hydroxylation sites is 1. The molecular weight excluding hydrogens is 371 g/mol. The summed E-state index contributed by atoms with van der Waals surface area (Å²) in [6.07, 6.45) is 3.76. The highest BCUT2D eigenvalue weighted by atomic mass is 35.5. The monoisotopic (exact) mass is 394 g/mol. The van der Waals surface area contributed by atoms with E-state index in [1.54, 1.807) is 6.07 Å². The zero-order valence-corrected chi connectivity index (χ0v) is 16.1. The second kappa shape index (κ2) is 9.81. The molecule has 0 aromatic heterocycles. The van der Waals surface area contributed by atoms with Gasteiger partial charge in [0.05, 0.1) is 5.56 Å². The molecule has 0 heterocycles. The van der Waals surface area contributed by atoms with Crippen LogP contribution in [0.15, 0.2) is 48.5 Å². The average Bonchev–Trinajstić information content (AvgIpc) is 2.63. The van der Waals surface area contributed by atoms with E-state index >= 15 is 0 Å². The van der Waals surface area contributed by atoms with E-state index in [4.69, 9.17) is 22.1 Å². The van der Waals surface area contributed by atoms with Gasteiger partial charge in [-0.3, -0.25) is 4.79 Å². The van der Waals surface area contributed by atoms with E-state index in [1.165, 1.54) is 0 Å². The first-order valence-corrected chi connectivity index (χ1v) is 9.03. The van der Waals surface area contributed by atoms with Crippen molar-refractivity contribution in [1.82, 2.24) is 5.32 Å². The van der Waals surface area contributed by atoms with Gasteiger partial charge in [-0.1, -0.05) is 41.9 Å². The molecule has 1 aliphatic carbocycles. The molecule has 1 amide bonds. The van der Waals surface area contributed by atoms with Crippen LogP contribution in [0.3, 0.4) is 0 Å². The van der Waals surface area contributed by atoms with Gasteiger partial charge in [0.15, 0.2) is 0 Å². The smallest absolute Gasteiger partial charge is 0.255 e. The topological polar surface area (TPSA) is 64.3 Å². The van der Waals surface area contributed by atoms with Gasteiger partial charge in [-0.15, -0.1) is 12.4 Å². The Morgan fingerprint density at radius 1 is 1.08 bits per heavy atom. The standard InChI is InChI=1S/C20H23ClN2O2.ClH/c21-18-7-3-1-5-14(18)13-25-19-8-4-2-6-17(19)20(24)23-16-11-9-15(22)10-12-16;/h1-8,15-16H,9-13,22H2,(H,23,24);1H. The average molecular weight is 395 g/mol. The Bertz CT molecular complexity index is 731. The maximum atomic E-state index is 12.6. The van der Waals surface area contributed by atoms with Crippen molar-refractivity contribution in [3.8, 4) is 5.75 Å². The first-order chi connectivity index (χ1) is 12.1. The summed E-state index contributed by atoms with van der Waals surface area (Å²) in [5.41, 5.74) is 7.36. The molecule has 3 N–H and O–H groups in total. The van der Waals surface area contributed by atoms with Crippen molar-refractivity contribution < 1.29 is 9.53 Å². The molecule has 2 aromatic carbocycles. The summed E-state index contributed by atoms with van der Waals surface area (Å²) in [4.78, 5) is 12.6. The minimum absolute atomic E-state index is 0. The van der Waals surface area contributed by atoms with Gasteiger partial charge in [0.2, 0.25) is 0 Å². The Morgan fingerprint density at radius 3 is 2.46 bits per heavy atom. The number of amides is 1. The molecule has 0 atom stereocenters. The van der Waals surface area contributed by atoms with Gasteiger partial charge in [-0.05, 0) is 43.9 Å². The number of benzene rings is 2. The minimum atomic E-state index is -0.102. The van der Waals surface area contributed by atoms with Gasteiger partial charge in [0, 0.05) is 22.7 Å². The van der Waals surface area contributed by atoms with E-state index in [0.29, 0.717) is 22.9 Å². The quantitative estimate of drug-likeness (QED) is 0.792. The maximum absolute atomic E-state index is 12.6. The Hall–Kier alpha value is -1.75. The molecule has 4 nitrogen and oxygen atoms in total. The number of hydrogen-bond acceptors (Lipinski definition) is 3. The van der Waals surface area contributed by atoms with Crippen LogP contribution in [-0.4, -0.2) is 18.0 Å². The van der Waals surface area contributed by atoms with Crippen molar-refractivity contribution >= 4 is 29.9 Å². The number of carbonyl (C=O) groups is 1. The lowest BCUT2D eigenvalue weighted by Crippen LogP contribution is -2.40. The summed E-state index contributed by atoms with van der Waals surface area (Å²) in [5.74, 6) is 0.461. The summed E-state index contributed by atoms with van der Waals surface area (Å²) >= 11 is 6.16. The fourth-order valence-electron chi connectivity index (χ4n) is 3.08. The largest absolute Gasteiger partial charge is 0.488 e. The third-order valence-electron chi connectivity index (χ3n) is 4.58. The molecule has 0 aliphatic heterocycles. The Kier molecular flexibility index (Phi) is 7.76. The van der Waals surface area contributed by atoms with E-state index in [-0.39, 0.29) is 30.4 Å². The third-order valence-corrected chi connectivity index (χ3v) is 4.95. The number of nitrogens with two attached hydrogens (primary N) is 1. The summed E-state index contributed by atoms with van der Waals surface area (Å²) < 4.78 is 5.87. The molecular formula is C20H24Cl2N2O2. The zero-order chi connectivity index (χ0) is 17.6. The van der Waals surface area contributed by atoms with Crippen molar-refractivity contribution in [3.05, 3.63) is 64.7 Å². The van der Waals surface area contributed by atoms with Crippen molar-refractivity contribution in [2.24, 2.45) is 5.73 Å². The molecule has 6 heteroatoms. The Balaban J connectivity index is 0.00000243. The van der Waals surface area contributed by atoms with Crippen LogP contribution in [0.4, 0.5) is 0 Å². The van der Waals surface area contributed by atoms with Crippen molar-refractivity contribution in [1.29, 1.82) is 0 Å². The number of nitrogens with one attached hydrogen (secondary N) is 1. The normalized spacial score (nSPS) is 19.3. The summed E-state index contributed by atoms with van der Waals surface area (Å²) in [5, 5.41) is 3.76. The predicted octanol–water partition coefficient (Wildman–Crippen LogP) is 4.34. The third kappa shape index (κ3) is 5.37. The Labute approximate surface area is 165 Å². The molecule has 140 valence electrons. The highest BCUT2D eigenvalue weighted by Gasteiger charge is 2.22. The molecule has 0 saturated heterocycles. The van der Waals surface area contributed by atoms with Gasteiger partial charge in [-0.2, -0.15) is 0 Å². The lowest BCUT2D eigenvalue weighted by atomic mass is 9.91. The fourth-order valence-corrected chi connectivity index (χ4v) is 3.27. The van der Waals surface area contributed by atoms with Crippen LogP contribution in [0, 0.1) is 0 Å². The SMILES string of the molecule is Cl.NC1CCC(NC(=O)c2ccccc2OCc2ccccc2Cl)CC1. The first-order valence-electron chi connectivity index (χ1n) is 8.65. The van der Waals surface area contributed by atoms with E-state index in [2.05, 4.69) is 5.32 Å². The van der Waals surface area contributed by atoms with Crippen molar-refractivity contribution in [3.63, 3.8) is 0 Å². The van der Waals surface area contributed by atoms with Gasteiger partial charge in [0.25, 0.3) is 5.91 Å². The van der Waals surface area contributed by atoms with Crippen LogP contribution in [-0.2, 0) is 6.61 Å².